The maximum absolute atomic E-state index is 11.1. The lowest BCUT2D eigenvalue weighted by atomic mass is 10.6. The minimum atomic E-state index is -5.53. The molecule has 6 N–H and O–H groups in total. The molecule has 0 bridgehead atoms. The molecule has 124 valence electrons. The molecule has 0 fully saturated rings. The van der Waals surface area contributed by atoms with Gasteiger partial charge in [0.1, 0.15) is 6.54 Å². The first-order chi connectivity index (χ1) is 8.87. The van der Waals surface area contributed by atoms with Crippen molar-refractivity contribution in [2.75, 3.05) is 19.8 Å². The molecule has 0 aliphatic carbocycles. The number of carboxylic acids is 1. The van der Waals surface area contributed by atoms with Gasteiger partial charge in [0.15, 0.2) is 0 Å². The quantitative estimate of drug-likeness (QED) is 0.245. The van der Waals surface area contributed by atoms with E-state index >= 15 is 0 Å². The molecule has 0 aromatic rings. The smallest absolute Gasteiger partial charge is 0.371 e. The van der Waals surface area contributed by atoms with E-state index < -0.39 is 39.3 Å². The van der Waals surface area contributed by atoms with Crippen molar-refractivity contribution in [3.8, 4) is 0 Å². The number of β-amino-alcohol motifs (C(OH)–C–C–N with tert-alkyl or cyclic N) is 1. The van der Waals surface area contributed by atoms with Gasteiger partial charge >= 0.3 is 21.2 Å². The Bertz CT molecular complexity index is 488. The first kappa shape index (κ1) is 20.1. The Hall–Kier alpha value is -0.930. The van der Waals surface area contributed by atoms with E-state index in [1.807, 2.05) is 0 Å². The fraction of sp³-hybridized carbons (Fsp3) is 0.500. The second kappa shape index (κ2) is 6.45. The van der Waals surface area contributed by atoms with Gasteiger partial charge in [-0.25, -0.2) is 0 Å². The predicted molar refractivity (Wildman–Crippen MR) is 70.5 cm³/mol. The van der Waals surface area contributed by atoms with Crippen LogP contribution in [-0.4, -0.2) is 70.4 Å². The largest absolute Gasteiger partial charge is 0.480 e. The van der Waals surface area contributed by atoms with Crippen molar-refractivity contribution in [2.45, 2.75) is 5.08 Å². The molecule has 0 saturated carbocycles. The van der Waals surface area contributed by atoms with E-state index in [0.29, 0.717) is 0 Å². The molecule has 1 heterocycles. The van der Waals surface area contributed by atoms with Gasteiger partial charge in [0.05, 0.1) is 13.2 Å². The molecular weight excluding hydrogens is 330 g/mol. The third kappa shape index (κ3) is 4.52. The van der Waals surface area contributed by atoms with Gasteiger partial charge in [-0.2, -0.15) is 0 Å². The lowest BCUT2D eigenvalue weighted by Gasteiger charge is -2.33. The Morgan fingerprint density at radius 3 is 1.90 bits per heavy atom. The van der Waals surface area contributed by atoms with Gasteiger partial charge in [-0.05, 0) is 0 Å². The number of carboxylic acid groups (broad SMARTS) is 1. The zero-order chi connectivity index (χ0) is 15.8. The summed E-state index contributed by atoms with van der Waals surface area (Å²) in [7, 11) is -11.1. The van der Waals surface area contributed by atoms with Crippen molar-refractivity contribution in [1.29, 1.82) is 0 Å². The summed E-state index contributed by atoms with van der Waals surface area (Å²) >= 11 is 0. The Kier molecular flexibility index (Phi) is 6.16. The highest BCUT2D eigenvalue weighted by atomic mass is 31.2. The van der Waals surface area contributed by atoms with Crippen LogP contribution in [0.5, 0.6) is 0 Å². The first-order valence-electron chi connectivity index (χ1n) is 5.09. The number of hydrogen-bond donors (Lipinski definition) is 6. The number of aliphatic hydroxyl groups is 1. The molecular formula is C8H17N2O9P2-. The van der Waals surface area contributed by atoms with Gasteiger partial charge in [-0.15, -0.1) is 0 Å². The Balaban J connectivity index is 0.00000400. The average molecular weight is 347 g/mol. The fourth-order valence-corrected chi connectivity index (χ4v) is 3.61. The van der Waals surface area contributed by atoms with Crippen LogP contribution < -0.4 is 0 Å². The molecule has 0 saturated heterocycles. The first-order valence-corrected chi connectivity index (χ1v) is 8.31. The monoisotopic (exact) mass is 347 g/mol. The topological polar surface area (TPSA) is 179 Å². The number of aliphatic carboxylic acids is 1. The maximum Gasteiger partial charge on any atom is 0.371 e. The van der Waals surface area contributed by atoms with Gasteiger partial charge in [0, 0.05) is 12.4 Å². The third-order valence-electron chi connectivity index (χ3n) is 2.54. The number of nitrogens with zero attached hydrogens (tertiary/aromatic N) is 2. The second-order valence-corrected chi connectivity index (χ2v) is 8.20. The lowest BCUT2D eigenvalue weighted by molar-refractivity contribution is -0.137. The van der Waals surface area contributed by atoms with E-state index in [9.17, 15) is 19.0 Å². The van der Waals surface area contributed by atoms with E-state index in [1.54, 1.807) is 0 Å². The summed E-state index contributed by atoms with van der Waals surface area (Å²) in [6.07, 6.45) is 2.42. The van der Waals surface area contributed by atoms with Crippen LogP contribution in [-0.2, 0) is 13.9 Å². The van der Waals surface area contributed by atoms with Gasteiger partial charge < -0.3 is 47.0 Å². The zero-order valence-corrected chi connectivity index (χ0v) is 12.8. The van der Waals surface area contributed by atoms with Crippen LogP contribution in [0.2, 0.25) is 0 Å². The summed E-state index contributed by atoms with van der Waals surface area (Å²) < 4.78 is 22.3. The van der Waals surface area contributed by atoms with Gasteiger partial charge in [-0.1, -0.05) is 0 Å². The molecule has 0 unspecified atom stereocenters. The molecule has 13 heteroatoms. The third-order valence-corrected chi connectivity index (χ3v) is 6.25. The Morgan fingerprint density at radius 1 is 1.10 bits per heavy atom. The highest BCUT2D eigenvalue weighted by Crippen LogP contribution is 2.67. The lowest BCUT2D eigenvalue weighted by Crippen LogP contribution is -2.42. The molecule has 1 aliphatic heterocycles. The Labute approximate surface area is 120 Å². The summed E-state index contributed by atoms with van der Waals surface area (Å²) in [6.45, 7) is -1.64. The SMILES string of the molecule is O=C(O)CN1C=CN(CC(O)(P(=O)(O)O)P(=O)(O)O)C1.[CH3-]. The fourth-order valence-electron chi connectivity index (χ4n) is 1.52. The van der Waals surface area contributed by atoms with Crippen LogP contribution in [0.25, 0.3) is 0 Å². The molecule has 0 amide bonds. The molecule has 0 aromatic carbocycles. The second-order valence-electron chi connectivity index (χ2n) is 4.19. The molecule has 0 spiro atoms. The molecule has 1 aliphatic rings. The van der Waals surface area contributed by atoms with Gasteiger partial charge in [-0.3, -0.25) is 13.9 Å². The maximum atomic E-state index is 11.1. The highest BCUT2D eigenvalue weighted by molar-refractivity contribution is 7.72. The normalized spacial score (nSPS) is 16.0. The molecule has 21 heavy (non-hydrogen) atoms. The molecule has 0 radical (unpaired) electrons. The van der Waals surface area contributed by atoms with Crippen LogP contribution >= 0.6 is 15.2 Å². The number of hydrogen-bond acceptors (Lipinski definition) is 6. The summed E-state index contributed by atoms with van der Waals surface area (Å²) in [5.74, 6) is -1.16. The van der Waals surface area contributed by atoms with E-state index in [0.717, 1.165) is 4.90 Å². The van der Waals surface area contributed by atoms with Crippen LogP contribution in [0.4, 0.5) is 0 Å². The zero-order valence-electron chi connectivity index (χ0n) is 11.0. The van der Waals surface area contributed by atoms with Crippen molar-refractivity contribution in [3.05, 3.63) is 19.8 Å². The summed E-state index contributed by atoms with van der Waals surface area (Å²) in [5.41, 5.74) is 0. The average Bonchev–Trinajstić information content (AvgIpc) is 2.60. The van der Waals surface area contributed by atoms with Crippen LogP contribution in [0.15, 0.2) is 12.4 Å². The minimum absolute atomic E-state index is 0. The molecule has 0 atom stereocenters. The van der Waals surface area contributed by atoms with Crippen LogP contribution in [0.3, 0.4) is 0 Å². The molecule has 1 rings (SSSR count). The van der Waals surface area contributed by atoms with Gasteiger partial charge in [0.2, 0.25) is 0 Å². The van der Waals surface area contributed by atoms with Crippen LogP contribution in [0, 0.1) is 7.43 Å². The van der Waals surface area contributed by atoms with Crippen molar-refractivity contribution in [2.24, 2.45) is 0 Å². The standard InChI is InChI=1S/C7H14N2O9P2.CH3/c10-6(11)3-8-1-2-9(5-8)4-7(12,19(13,14)15)20(16,17)18;/h1-2,12H,3-5H2,(H,10,11)(H2,13,14,15)(H2,16,17,18);1H3/q;-1. The van der Waals surface area contributed by atoms with E-state index in [-0.39, 0.29) is 14.1 Å². The number of rotatable bonds is 6. The molecule has 0 aromatic heterocycles. The Morgan fingerprint density at radius 2 is 1.52 bits per heavy atom. The predicted octanol–water partition coefficient (Wildman–Crippen LogP) is -1.43. The van der Waals surface area contributed by atoms with E-state index in [4.69, 9.17) is 24.7 Å². The molecule has 11 nitrogen and oxygen atoms in total. The van der Waals surface area contributed by atoms with Crippen molar-refractivity contribution < 1.29 is 43.7 Å². The summed E-state index contributed by atoms with van der Waals surface area (Å²) in [5, 5.41) is 14.7. The van der Waals surface area contributed by atoms with Crippen molar-refractivity contribution in [3.63, 3.8) is 0 Å². The van der Waals surface area contributed by atoms with Gasteiger partial charge in [0.25, 0.3) is 5.08 Å². The minimum Gasteiger partial charge on any atom is -0.480 e. The van der Waals surface area contributed by atoms with Crippen LogP contribution in [0.1, 0.15) is 0 Å². The van der Waals surface area contributed by atoms with E-state index in [1.165, 1.54) is 17.3 Å². The van der Waals surface area contributed by atoms with E-state index in [2.05, 4.69) is 0 Å². The van der Waals surface area contributed by atoms with Crippen molar-refractivity contribution in [1.82, 2.24) is 9.80 Å². The van der Waals surface area contributed by atoms with Crippen molar-refractivity contribution >= 4 is 21.2 Å². The summed E-state index contributed by atoms with van der Waals surface area (Å²) in [4.78, 5) is 48.5. The number of carbonyl (C=O) groups is 1. The summed E-state index contributed by atoms with van der Waals surface area (Å²) in [6, 6.07) is 0. The highest BCUT2D eigenvalue weighted by Gasteiger charge is 2.60.